The Morgan fingerprint density at radius 1 is 1.63 bits per heavy atom. The predicted molar refractivity (Wildman–Crippen MR) is 59.9 cm³/mol. The number of ether oxygens (including phenoxy) is 1. The number of aromatic amines is 1. The van der Waals surface area contributed by atoms with Gasteiger partial charge in [-0.05, 0) is 6.92 Å². The standard InChI is InChI=1S/C9H14N6O4/c1-9(7(16)17)4-19-3-5(9)11-8(18)10-2-6-12-14-15-13-6/h5H,2-4H2,1H3,(H,16,17)(H2,10,11,18)(H,12,13,14,15). The van der Waals surface area contributed by atoms with Crippen LogP contribution < -0.4 is 10.6 Å². The van der Waals surface area contributed by atoms with E-state index in [0.717, 1.165) is 0 Å². The molecule has 0 bridgehead atoms. The van der Waals surface area contributed by atoms with Gasteiger partial charge >= 0.3 is 12.0 Å². The Kier molecular flexibility index (Phi) is 3.60. The highest BCUT2D eigenvalue weighted by molar-refractivity contribution is 5.79. The summed E-state index contributed by atoms with van der Waals surface area (Å²) in [4.78, 5) is 22.8. The Morgan fingerprint density at radius 3 is 3.05 bits per heavy atom. The molecule has 2 amide bonds. The second-order valence-electron chi connectivity index (χ2n) is 4.45. The molecular formula is C9H14N6O4. The van der Waals surface area contributed by atoms with E-state index < -0.39 is 23.5 Å². The Labute approximate surface area is 107 Å². The van der Waals surface area contributed by atoms with Crippen molar-refractivity contribution in [2.75, 3.05) is 13.2 Å². The molecule has 2 heterocycles. The summed E-state index contributed by atoms with van der Waals surface area (Å²) >= 11 is 0. The van der Waals surface area contributed by atoms with Gasteiger partial charge in [0.15, 0.2) is 5.82 Å². The van der Waals surface area contributed by atoms with Crippen molar-refractivity contribution in [3.8, 4) is 0 Å². The first kappa shape index (κ1) is 13.2. The molecule has 0 radical (unpaired) electrons. The number of nitrogens with zero attached hydrogens (tertiary/aromatic N) is 3. The van der Waals surface area contributed by atoms with E-state index in [-0.39, 0.29) is 19.8 Å². The number of hydrogen-bond acceptors (Lipinski definition) is 6. The average Bonchev–Trinajstić information content (AvgIpc) is 2.98. The van der Waals surface area contributed by atoms with Crippen LogP contribution in [0.1, 0.15) is 12.7 Å². The van der Waals surface area contributed by atoms with Gasteiger partial charge in [0.2, 0.25) is 0 Å². The summed E-state index contributed by atoms with van der Waals surface area (Å²) < 4.78 is 5.12. The molecule has 0 aromatic carbocycles. The fourth-order valence-corrected chi connectivity index (χ4v) is 1.71. The van der Waals surface area contributed by atoms with Crippen LogP contribution in [0, 0.1) is 5.41 Å². The lowest BCUT2D eigenvalue weighted by atomic mass is 9.85. The summed E-state index contributed by atoms with van der Waals surface area (Å²) in [6.45, 7) is 1.86. The normalized spacial score (nSPS) is 26.1. The summed E-state index contributed by atoms with van der Waals surface area (Å²) in [5, 5.41) is 27.2. The number of carboxylic acids is 1. The van der Waals surface area contributed by atoms with E-state index in [9.17, 15) is 9.59 Å². The monoisotopic (exact) mass is 270 g/mol. The van der Waals surface area contributed by atoms with Gasteiger partial charge in [0.25, 0.3) is 0 Å². The molecule has 2 atom stereocenters. The van der Waals surface area contributed by atoms with Crippen molar-refractivity contribution in [3.63, 3.8) is 0 Å². The molecule has 0 spiro atoms. The number of H-pyrrole nitrogens is 1. The third-order valence-electron chi connectivity index (χ3n) is 3.05. The maximum atomic E-state index is 11.6. The van der Waals surface area contributed by atoms with E-state index in [2.05, 4.69) is 31.3 Å². The molecule has 1 aromatic rings. The van der Waals surface area contributed by atoms with Crippen molar-refractivity contribution in [1.29, 1.82) is 0 Å². The molecular weight excluding hydrogens is 256 g/mol. The molecule has 1 aliphatic rings. The number of tetrazole rings is 1. The largest absolute Gasteiger partial charge is 0.481 e. The predicted octanol–water partition coefficient (Wildman–Crippen LogP) is -1.51. The SMILES string of the molecule is CC1(C(=O)O)COCC1NC(=O)NCc1nn[nH]n1. The molecule has 1 aliphatic heterocycles. The van der Waals surface area contributed by atoms with Crippen LogP contribution in [0.2, 0.25) is 0 Å². The third-order valence-corrected chi connectivity index (χ3v) is 3.05. The zero-order chi connectivity index (χ0) is 13.9. The first-order valence-corrected chi connectivity index (χ1v) is 5.60. The summed E-state index contributed by atoms with van der Waals surface area (Å²) in [6.07, 6.45) is 0. The highest BCUT2D eigenvalue weighted by atomic mass is 16.5. The molecule has 2 rings (SSSR count). The topological polar surface area (TPSA) is 142 Å². The number of aromatic nitrogens is 4. The molecule has 0 aliphatic carbocycles. The van der Waals surface area contributed by atoms with Crippen LogP contribution in [0.4, 0.5) is 4.79 Å². The number of nitrogens with one attached hydrogen (secondary N) is 3. The van der Waals surface area contributed by atoms with Crippen molar-refractivity contribution in [1.82, 2.24) is 31.3 Å². The van der Waals surface area contributed by atoms with Crippen LogP contribution in [-0.4, -0.2) is 57.0 Å². The van der Waals surface area contributed by atoms with E-state index in [4.69, 9.17) is 9.84 Å². The van der Waals surface area contributed by atoms with Crippen molar-refractivity contribution >= 4 is 12.0 Å². The van der Waals surface area contributed by atoms with Gasteiger partial charge in [0, 0.05) is 0 Å². The van der Waals surface area contributed by atoms with Crippen LogP contribution in [-0.2, 0) is 16.1 Å². The van der Waals surface area contributed by atoms with Gasteiger partial charge in [-0.1, -0.05) is 5.21 Å². The highest BCUT2D eigenvalue weighted by Crippen LogP contribution is 2.28. The van der Waals surface area contributed by atoms with E-state index in [0.29, 0.717) is 5.82 Å². The minimum absolute atomic E-state index is 0.0676. The number of rotatable bonds is 4. The number of amides is 2. The number of carbonyl (C=O) groups excluding carboxylic acids is 1. The molecule has 19 heavy (non-hydrogen) atoms. The van der Waals surface area contributed by atoms with Crippen molar-refractivity contribution in [2.24, 2.45) is 5.41 Å². The molecule has 2 unspecified atom stereocenters. The van der Waals surface area contributed by atoms with Crippen LogP contribution in [0.25, 0.3) is 0 Å². The Morgan fingerprint density at radius 2 is 2.42 bits per heavy atom. The molecule has 0 saturated carbocycles. The van der Waals surface area contributed by atoms with Crippen LogP contribution in [0.15, 0.2) is 0 Å². The fraction of sp³-hybridized carbons (Fsp3) is 0.667. The fourth-order valence-electron chi connectivity index (χ4n) is 1.71. The average molecular weight is 270 g/mol. The lowest BCUT2D eigenvalue weighted by Gasteiger charge is -2.25. The zero-order valence-electron chi connectivity index (χ0n) is 10.2. The van der Waals surface area contributed by atoms with E-state index in [1.54, 1.807) is 0 Å². The number of urea groups is 1. The minimum atomic E-state index is -1.12. The van der Waals surface area contributed by atoms with E-state index >= 15 is 0 Å². The number of carboxylic acid groups (broad SMARTS) is 1. The Hall–Kier alpha value is -2.23. The van der Waals surface area contributed by atoms with Crippen LogP contribution in [0.5, 0.6) is 0 Å². The summed E-state index contributed by atoms with van der Waals surface area (Å²) in [5.74, 6) is -0.674. The first-order valence-electron chi connectivity index (χ1n) is 5.60. The summed E-state index contributed by atoms with van der Waals surface area (Å²) in [7, 11) is 0. The van der Waals surface area contributed by atoms with Crippen molar-refractivity contribution < 1.29 is 19.4 Å². The van der Waals surface area contributed by atoms with Gasteiger partial charge in [-0.2, -0.15) is 5.21 Å². The Bertz CT molecular complexity index is 463. The molecule has 4 N–H and O–H groups in total. The van der Waals surface area contributed by atoms with Crippen LogP contribution in [0.3, 0.4) is 0 Å². The Balaban J connectivity index is 1.86. The molecule has 10 heteroatoms. The lowest BCUT2D eigenvalue weighted by molar-refractivity contribution is -0.148. The smallest absolute Gasteiger partial charge is 0.315 e. The molecule has 10 nitrogen and oxygen atoms in total. The van der Waals surface area contributed by atoms with E-state index in [1.165, 1.54) is 6.92 Å². The van der Waals surface area contributed by atoms with E-state index in [1.807, 2.05) is 0 Å². The van der Waals surface area contributed by atoms with Gasteiger partial charge in [0.05, 0.1) is 25.8 Å². The van der Waals surface area contributed by atoms with Gasteiger partial charge < -0.3 is 20.5 Å². The molecule has 1 saturated heterocycles. The zero-order valence-corrected chi connectivity index (χ0v) is 10.2. The van der Waals surface area contributed by atoms with Crippen molar-refractivity contribution in [3.05, 3.63) is 5.82 Å². The third kappa shape index (κ3) is 2.78. The number of aliphatic carboxylic acids is 1. The summed E-state index contributed by atoms with van der Waals surface area (Å²) in [5.41, 5.74) is -1.12. The molecule has 1 aromatic heterocycles. The number of hydrogen-bond donors (Lipinski definition) is 4. The van der Waals surface area contributed by atoms with Crippen molar-refractivity contribution in [2.45, 2.75) is 19.5 Å². The first-order chi connectivity index (χ1) is 9.02. The highest BCUT2D eigenvalue weighted by Gasteiger charge is 2.47. The maximum absolute atomic E-state index is 11.6. The number of carbonyl (C=O) groups is 2. The molecule has 104 valence electrons. The quantitative estimate of drug-likeness (QED) is 0.520. The maximum Gasteiger partial charge on any atom is 0.315 e. The van der Waals surface area contributed by atoms with Gasteiger partial charge in [-0.15, -0.1) is 10.2 Å². The summed E-state index contributed by atoms with van der Waals surface area (Å²) in [6, 6.07) is -1.09. The van der Waals surface area contributed by atoms with Gasteiger partial charge in [-0.25, -0.2) is 4.79 Å². The second-order valence-corrected chi connectivity index (χ2v) is 4.45. The lowest BCUT2D eigenvalue weighted by Crippen LogP contribution is -2.52. The second kappa shape index (κ2) is 5.18. The minimum Gasteiger partial charge on any atom is -0.481 e. The molecule has 1 fully saturated rings. The van der Waals surface area contributed by atoms with Crippen LogP contribution >= 0.6 is 0 Å². The van der Waals surface area contributed by atoms with Gasteiger partial charge in [0.1, 0.15) is 5.41 Å². The van der Waals surface area contributed by atoms with Gasteiger partial charge in [-0.3, -0.25) is 4.79 Å².